The average Bonchev–Trinajstić information content (AvgIpc) is 3.70. The molecule has 8 aromatic carbocycles. The molecule has 2 heteroatoms. The summed E-state index contributed by atoms with van der Waals surface area (Å²) in [7, 11) is 0. The van der Waals surface area contributed by atoms with Gasteiger partial charge >= 0.3 is 0 Å². The summed E-state index contributed by atoms with van der Waals surface area (Å²) in [4.78, 5) is 0. The van der Waals surface area contributed by atoms with Crippen molar-refractivity contribution in [2.45, 2.75) is 0 Å². The standard InChI is InChI=1S/C44H26OS/c1-2-14-28(15-3-1)39-37-26-25-36-30-18-10-11-24-38(30)46-44(36)42(37)45-43(39)41-34-21-8-6-19-32(34)40(33-20-7-9-22-35(33)41)31-23-12-16-27-13-4-5-17-29(27)31/h1-26H. The Balaban J connectivity index is 1.39. The molecule has 0 aliphatic rings. The number of hydrogen-bond donors (Lipinski definition) is 0. The molecule has 0 radical (unpaired) electrons. The third-order valence-corrected chi connectivity index (χ3v) is 10.7. The van der Waals surface area contributed by atoms with Crippen LogP contribution >= 0.6 is 11.3 Å². The number of hydrogen-bond acceptors (Lipinski definition) is 2. The summed E-state index contributed by atoms with van der Waals surface area (Å²) in [5.41, 5.74) is 6.90. The maximum absolute atomic E-state index is 7.22. The Bertz CT molecular complexity index is 2740. The van der Waals surface area contributed by atoms with Gasteiger partial charge in [0, 0.05) is 32.0 Å². The van der Waals surface area contributed by atoms with E-state index in [0.29, 0.717) is 0 Å². The van der Waals surface area contributed by atoms with Crippen LogP contribution in [0.4, 0.5) is 0 Å². The van der Waals surface area contributed by atoms with Crippen LogP contribution in [0.1, 0.15) is 0 Å². The number of furan rings is 1. The average molecular weight is 603 g/mol. The van der Waals surface area contributed by atoms with Gasteiger partial charge in [0.2, 0.25) is 0 Å². The zero-order valence-corrected chi connectivity index (χ0v) is 25.6. The molecule has 214 valence electrons. The first-order valence-corrected chi connectivity index (χ1v) is 16.5. The largest absolute Gasteiger partial charge is 0.454 e. The summed E-state index contributed by atoms with van der Waals surface area (Å²) in [5.74, 6) is 0.919. The zero-order valence-electron chi connectivity index (χ0n) is 24.8. The van der Waals surface area contributed by atoms with E-state index in [4.69, 9.17) is 4.42 Å². The molecule has 0 saturated heterocycles. The fourth-order valence-corrected chi connectivity index (χ4v) is 8.70. The minimum Gasteiger partial charge on any atom is -0.454 e. The Morgan fingerprint density at radius 1 is 0.370 bits per heavy atom. The molecule has 46 heavy (non-hydrogen) atoms. The van der Waals surface area contributed by atoms with Crippen molar-refractivity contribution in [2.75, 3.05) is 0 Å². The van der Waals surface area contributed by atoms with Crippen LogP contribution in [0.5, 0.6) is 0 Å². The van der Waals surface area contributed by atoms with Crippen molar-refractivity contribution in [2.24, 2.45) is 0 Å². The molecule has 0 unspecified atom stereocenters. The maximum atomic E-state index is 7.22. The first kappa shape index (κ1) is 25.6. The summed E-state index contributed by atoms with van der Waals surface area (Å²) in [6.45, 7) is 0. The lowest BCUT2D eigenvalue weighted by atomic mass is 9.85. The molecule has 0 bridgehead atoms. The second kappa shape index (κ2) is 9.90. The van der Waals surface area contributed by atoms with Crippen LogP contribution in [0.25, 0.3) is 97.0 Å². The number of fused-ring (bicyclic) bond motifs is 8. The minimum absolute atomic E-state index is 0.919. The van der Waals surface area contributed by atoms with Gasteiger partial charge in [-0.25, -0.2) is 0 Å². The van der Waals surface area contributed by atoms with Gasteiger partial charge in [-0.1, -0.05) is 146 Å². The van der Waals surface area contributed by atoms with Gasteiger partial charge in [0.05, 0.1) is 4.70 Å². The van der Waals surface area contributed by atoms with Crippen LogP contribution in [-0.4, -0.2) is 0 Å². The minimum atomic E-state index is 0.919. The predicted molar refractivity (Wildman–Crippen MR) is 198 cm³/mol. The van der Waals surface area contributed by atoms with Crippen LogP contribution in [0.3, 0.4) is 0 Å². The number of rotatable bonds is 3. The van der Waals surface area contributed by atoms with Crippen LogP contribution in [0.15, 0.2) is 162 Å². The van der Waals surface area contributed by atoms with Crippen molar-refractivity contribution < 1.29 is 4.42 Å². The Morgan fingerprint density at radius 3 is 1.67 bits per heavy atom. The Hall–Kier alpha value is -5.70. The van der Waals surface area contributed by atoms with Crippen LogP contribution in [0, 0.1) is 0 Å². The second-order valence-corrected chi connectivity index (χ2v) is 13.0. The summed E-state index contributed by atoms with van der Waals surface area (Å²) in [6.07, 6.45) is 0. The Kier molecular flexibility index (Phi) is 5.51. The Morgan fingerprint density at radius 2 is 0.935 bits per heavy atom. The van der Waals surface area contributed by atoms with E-state index in [1.54, 1.807) is 0 Å². The molecule has 0 aliphatic heterocycles. The summed E-state index contributed by atoms with van der Waals surface area (Å²) >= 11 is 1.82. The highest BCUT2D eigenvalue weighted by atomic mass is 32.1. The lowest BCUT2D eigenvalue weighted by Gasteiger charge is -2.18. The second-order valence-electron chi connectivity index (χ2n) is 12.0. The smallest absolute Gasteiger partial charge is 0.153 e. The fourth-order valence-electron chi connectivity index (χ4n) is 7.51. The maximum Gasteiger partial charge on any atom is 0.153 e. The predicted octanol–water partition coefficient (Wildman–Crippen LogP) is 13.3. The van der Waals surface area contributed by atoms with Crippen molar-refractivity contribution in [3.63, 3.8) is 0 Å². The van der Waals surface area contributed by atoms with E-state index in [1.807, 2.05) is 11.3 Å². The van der Waals surface area contributed by atoms with Gasteiger partial charge in [-0.15, -0.1) is 11.3 Å². The normalized spacial score (nSPS) is 11.9. The highest BCUT2D eigenvalue weighted by Crippen LogP contribution is 2.51. The van der Waals surface area contributed by atoms with E-state index in [1.165, 1.54) is 63.6 Å². The van der Waals surface area contributed by atoms with Gasteiger partial charge in [0.25, 0.3) is 0 Å². The summed E-state index contributed by atoms with van der Waals surface area (Å²) < 4.78 is 9.70. The van der Waals surface area contributed by atoms with Crippen LogP contribution < -0.4 is 0 Å². The van der Waals surface area contributed by atoms with Crippen LogP contribution in [-0.2, 0) is 0 Å². The van der Waals surface area contributed by atoms with Gasteiger partial charge in [-0.2, -0.15) is 0 Å². The van der Waals surface area contributed by atoms with Crippen molar-refractivity contribution in [3.8, 4) is 33.6 Å². The van der Waals surface area contributed by atoms with Crippen molar-refractivity contribution in [1.29, 1.82) is 0 Å². The van der Waals surface area contributed by atoms with Gasteiger partial charge in [-0.3, -0.25) is 0 Å². The van der Waals surface area contributed by atoms with Gasteiger partial charge in [-0.05, 0) is 61.1 Å². The lowest BCUT2D eigenvalue weighted by Crippen LogP contribution is -1.92. The Labute approximate surface area is 269 Å². The molecule has 0 atom stereocenters. The van der Waals surface area contributed by atoms with E-state index in [9.17, 15) is 0 Å². The summed E-state index contributed by atoms with van der Waals surface area (Å²) in [6, 6.07) is 57.0. The third kappa shape index (κ3) is 3.62. The first-order valence-electron chi connectivity index (χ1n) is 15.7. The molecule has 2 aromatic heterocycles. The highest BCUT2D eigenvalue weighted by Gasteiger charge is 2.25. The molecule has 0 amide bonds. The number of thiophene rings is 1. The van der Waals surface area contributed by atoms with Crippen LogP contribution in [0.2, 0.25) is 0 Å². The fraction of sp³-hybridized carbons (Fsp3) is 0. The SMILES string of the molecule is c1ccc(-c2c(-c3c4ccccc4c(-c4cccc5ccccc45)c4ccccc34)oc3c2ccc2c4ccccc4sc23)cc1. The highest BCUT2D eigenvalue weighted by molar-refractivity contribution is 7.26. The molecule has 1 nitrogen and oxygen atoms in total. The van der Waals surface area contributed by atoms with Crippen molar-refractivity contribution in [1.82, 2.24) is 0 Å². The van der Waals surface area contributed by atoms with Crippen molar-refractivity contribution >= 4 is 74.8 Å². The molecule has 10 rings (SSSR count). The molecule has 0 spiro atoms. The topological polar surface area (TPSA) is 13.1 Å². The van der Waals surface area contributed by atoms with E-state index < -0.39 is 0 Å². The molecule has 0 N–H and O–H groups in total. The molecule has 10 aromatic rings. The van der Waals surface area contributed by atoms with E-state index in [0.717, 1.165) is 33.4 Å². The molecule has 0 fully saturated rings. The number of benzene rings is 8. The van der Waals surface area contributed by atoms with Gasteiger partial charge in [0.15, 0.2) is 5.58 Å². The van der Waals surface area contributed by atoms with Gasteiger partial charge < -0.3 is 4.42 Å². The van der Waals surface area contributed by atoms with E-state index in [-0.39, 0.29) is 0 Å². The quantitative estimate of drug-likeness (QED) is 0.183. The zero-order chi connectivity index (χ0) is 30.2. The van der Waals surface area contributed by atoms with Gasteiger partial charge in [0.1, 0.15) is 5.76 Å². The molecular weight excluding hydrogens is 577 g/mol. The third-order valence-electron chi connectivity index (χ3n) is 9.48. The monoisotopic (exact) mass is 602 g/mol. The lowest BCUT2D eigenvalue weighted by molar-refractivity contribution is 0.638. The van der Waals surface area contributed by atoms with E-state index in [2.05, 4.69) is 158 Å². The van der Waals surface area contributed by atoms with Crippen molar-refractivity contribution in [3.05, 3.63) is 158 Å². The first-order chi connectivity index (χ1) is 22.8. The summed E-state index contributed by atoms with van der Waals surface area (Å²) in [5, 5.41) is 11.0. The molecular formula is C44H26OS. The van der Waals surface area contributed by atoms with E-state index >= 15 is 0 Å². The molecule has 0 aliphatic carbocycles. The molecule has 2 heterocycles. The molecule has 0 saturated carbocycles.